The summed E-state index contributed by atoms with van der Waals surface area (Å²) >= 11 is 0. The van der Waals surface area contributed by atoms with E-state index in [1.165, 1.54) is 0 Å². The second-order valence-electron chi connectivity index (χ2n) is 4.13. The van der Waals surface area contributed by atoms with Crippen LogP contribution < -0.4 is 4.74 Å². The van der Waals surface area contributed by atoms with Crippen molar-refractivity contribution in [1.82, 2.24) is 9.55 Å². The highest BCUT2D eigenvalue weighted by atomic mass is 16.5. The molecule has 0 radical (unpaired) electrons. The van der Waals surface area contributed by atoms with Crippen LogP contribution in [0, 0.1) is 5.92 Å². The van der Waals surface area contributed by atoms with Crippen LogP contribution in [-0.4, -0.2) is 21.9 Å². The molecule has 0 aliphatic carbocycles. The minimum absolute atomic E-state index is 0.126. The largest absolute Gasteiger partial charge is 0.492 e. The smallest absolute Gasteiger partial charge is 0.174 e. The summed E-state index contributed by atoms with van der Waals surface area (Å²) in [6.07, 6.45) is 5.28. The minimum Gasteiger partial charge on any atom is -0.492 e. The highest BCUT2D eigenvalue weighted by Gasteiger charge is 2.28. The maximum atomic E-state index is 12.2. The van der Waals surface area contributed by atoms with Crippen molar-refractivity contribution in [1.29, 1.82) is 0 Å². The highest BCUT2D eigenvalue weighted by Crippen LogP contribution is 2.27. The van der Waals surface area contributed by atoms with Gasteiger partial charge in [-0.25, -0.2) is 4.98 Å². The number of ether oxygens (including phenoxy) is 1. The molecule has 4 nitrogen and oxygen atoms in total. The molecule has 0 saturated carbocycles. The van der Waals surface area contributed by atoms with Gasteiger partial charge >= 0.3 is 0 Å². The monoisotopic (exact) mass is 228 g/mol. The SMILES string of the molecule is O=C1c2ccccc2OCC1Cn1ccnc1. The quantitative estimate of drug-likeness (QED) is 0.786. The Bertz CT molecular complexity index is 534. The van der Waals surface area contributed by atoms with E-state index in [-0.39, 0.29) is 11.7 Å². The van der Waals surface area contributed by atoms with Gasteiger partial charge in [-0.15, -0.1) is 0 Å². The molecule has 0 fully saturated rings. The van der Waals surface area contributed by atoms with Crippen molar-refractivity contribution >= 4 is 5.78 Å². The molecule has 86 valence electrons. The molecule has 1 atom stereocenters. The summed E-state index contributed by atoms with van der Waals surface area (Å²) < 4.78 is 7.50. The van der Waals surface area contributed by atoms with E-state index < -0.39 is 0 Å². The first-order valence-corrected chi connectivity index (χ1v) is 5.56. The van der Waals surface area contributed by atoms with Crippen molar-refractivity contribution in [3.8, 4) is 5.75 Å². The predicted molar refractivity (Wildman–Crippen MR) is 62.0 cm³/mol. The van der Waals surface area contributed by atoms with Gasteiger partial charge in [0.1, 0.15) is 12.4 Å². The Labute approximate surface area is 98.9 Å². The number of para-hydroxylation sites is 1. The number of aromatic nitrogens is 2. The molecule has 0 N–H and O–H groups in total. The molecule has 1 unspecified atom stereocenters. The van der Waals surface area contributed by atoms with E-state index >= 15 is 0 Å². The van der Waals surface area contributed by atoms with E-state index in [4.69, 9.17) is 4.74 Å². The molecular weight excluding hydrogens is 216 g/mol. The molecule has 1 aromatic carbocycles. The van der Waals surface area contributed by atoms with Gasteiger partial charge < -0.3 is 9.30 Å². The third kappa shape index (κ3) is 1.82. The van der Waals surface area contributed by atoms with Gasteiger partial charge in [0.15, 0.2) is 5.78 Å². The van der Waals surface area contributed by atoms with Crippen LogP contribution >= 0.6 is 0 Å². The van der Waals surface area contributed by atoms with Crippen molar-refractivity contribution in [2.24, 2.45) is 5.92 Å². The second kappa shape index (κ2) is 4.05. The molecule has 1 aromatic heterocycles. The molecule has 17 heavy (non-hydrogen) atoms. The Hall–Kier alpha value is -2.10. The molecule has 0 bridgehead atoms. The number of nitrogens with zero attached hydrogens (tertiary/aromatic N) is 2. The number of Topliss-reactive ketones (excluding diaryl/α,β-unsaturated/α-hetero) is 1. The summed E-state index contributed by atoms with van der Waals surface area (Å²) in [5, 5.41) is 0. The minimum atomic E-state index is -0.126. The Morgan fingerprint density at radius 2 is 2.29 bits per heavy atom. The van der Waals surface area contributed by atoms with Gasteiger partial charge in [0.2, 0.25) is 0 Å². The van der Waals surface area contributed by atoms with Crippen LogP contribution in [0.5, 0.6) is 5.75 Å². The number of benzene rings is 1. The fourth-order valence-corrected chi connectivity index (χ4v) is 2.07. The molecule has 0 amide bonds. The fraction of sp³-hybridized carbons (Fsp3) is 0.231. The third-order valence-corrected chi connectivity index (χ3v) is 2.95. The van der Waals surface area contributed by atoms with E-state index in [1.807, 2.05) is 35.0 Å². The Kier molecular flexibility index (Phi) is 2.40. The maximum Gasteiger partial charge on any atom is 0.174 e. The van der Waals surface area contributed by atoms with Crippen LogP contribution in [0.1, 0.15) is 10.4 Å². The van der Waals surface area contributed by atoms with E-state index in [2.05, 4.69) is 4.98 Å². The molecule has 1 aliphatic rings. The summed E-state index contributed by atoms with van der Waals surface area (Å²) in [5.74, 6) is 0.721. The van der Waals surface area contributed by atoms with Gasteiger partial charge in [-0.3, -0.25) is 4.79 Å². The van der Waals surface area contributed by atoms with Gasteiger partial charge in [-0.2, -0.15) is 0 Å². The molecule has 0 saturated heterocycles. The zero-order chi connectivity index (χ0) is 11.7. The molecule has 4 heteroatoms. The van der Waals surface area contributed by atoms with Crippen LogP contribution in [0.3, 0.4) is 0 Å². The molecule has 2 heterocycles. The lowest BCUT2D eigenvalue weighted by Crippen LogP contribution is -2.31. The standard InChI is InChI=1S/C13H12N2O2/c16-13-10(7-15-6-5-14-9-15)8-17-12-4-2-1-3-11(12)13/h1-6,9-10H,7-8H2. The summed E-state index contributed by atoms with van der Waals surface area (Å²) in [5.41, 5.74) is 0.684. The lowest BCUT2D eigenvalue weighted by molar-refractivity contribution is 0.0810. The van der Waals surface area contributed by atoms with E-state index in [1.54, 1.807) is 12.5 Å². The van der Waals surface area contributed by atoms with Crippen LogP contribution in [-0.2, 0) is 6.54 Å². The fourth-order valence-electron chi connectivity index (χ4n) is 2.07. The van der Waals surface area contributed by atoms with Gasteiger partial charge in [0.25, 0.3) is 0 Å². The third-order valence-electron chi connectivity index (χ3n) is 2.95. The van der Waals surface area contributed by atoms with Gasteiger partial charge in [-0.05, 0) is 12.1 Å². The van der Waals surface area contributed by atoms with Crippen molar-refractivity contribution in [3.05, 3.63) is 48.5 Å². The van der Waals surface area contributed by atoms with Crippen molar-refractivity contribution in [2.75, 3.05) is 6.61 Å². The van der Waals surface area contributed by atoms with E-state index in [0.29, 0.717) is 24.5 Å². The molecule has 3 rings (SSSR count). The Morgan fingerprint density at radius 1 is 1.41 bits per heavy atom. The van der Waals surface area contributed by atoms with Crippen LogP contribution in [0.25, 0.3) is 0 Å². The predicted octanol–water partition coefficient (Wildman–Crippen LogP) is 1.77. The van der Waals surface area contributed by atoms with Crippen molar-refractivity contribution < 1.29 is 9.53 Å². The summed E-state index contributed by atoms with van der Waals surface area (Å²) in [6, 6.07) is 7.39. The van der Waals surface area contributed by atoms with Gasteiger partial charge in [0.05, 0.1) is 17.8 Å². The van der Waals surface area contributed by atoms with E-state index in [0.717, 1.165) is 0 Å². The lowest BCUT2D eigenvalue weighted by atomic mass is 9.95. The average Bonchev–Trinajstić information content (AvgIpc) is 2.86. The van der Waals surface area contributed by atoms with Crippen LogP contribution in [0.4, 0.5) is 0 Å². The van der Waals surface area contributed by atoms with Gasteiger partial charge in [-0.1, -0.05) is 12.1 Å². The number of hydrogen-bond donors (Lipinski definition) is 0. The zero-order valence-electron chi connectivity index (χ0n) is 9.24. The summed E-state index contributed by atoms with van der Waals surface area (Å²) in [7, 11) is 0. The lowest BCUT2D eigenvalue weighted by Gasteiger charge is -2.24. The Balaban J connectivity index is 1.84. The zero-order valence-corrected chi connectivity index (χ0v) is 9.24. The summed E-state index contributed by atoms with van der Waals surface area (Å²) in [6.45, 7) is 1.06. The van der Waals surface area contributed by atoms with Crippen molar-refractivity contribution in [3.63, 3.8) is 0 Å². The number of ketones is 1. The number of carbonyl (C=O) groups is 1. The maximum absolute atomic E-state index is 12.2. The first-order valence-electron chi connectivity index (χ1n) is 5.56. The summed E-state index contributed by atoms with van der Waals surface area (Å²) in [4.78, 5) is 16.2. The average molecular weight is 228 g/mol. The number of fused-ring (bicyclic) bond motifs is 1. The number of carbonyl (C=O) groups excluding carboxylic acids is 1. The number of rotatable bonds is 2. The van der Waals surface area contributed by atoms with Crippen LogP contribution in [0.2, 0.25) is 0 Å². The van der Waals surface area contributed by atoms with Gasteiger partial charge in [0, 0.05) is 18.9 Å². The highest BCUT2D eigenvalue weighted by molar-refractivity contribution is 6.01. The van der Waals surface area contributed by atoms with E-state index in [9.17, 15) is 4.79 Å². The first kappa shape index (κ1) is 10.1. The Morgan fingerprint density at radius 3 is 3.12 bits per heavy atom. The molecular formula is C13H12N2O2. The topological polar surface area (TPSA) is 44.1 Å². The first-order chi connectivity index (χ1) is 8.34. The molecule has 2 aromatic rings. The molecule has 0 spiro atoms. The van der Waals surface area contributed by atoms with Crippen molar-refractivity contribution in [2.45, 2.75) is 6.54 Å². The number of imidazole rings is 1. The normalized spacial score (nSPS) is 18.6. The number of hydrogen-bond acceptors (Lipinski definition) is 3. The molecule has 1 aliphatic heterocycles. The van der Waals surface area contributed by atoms with Crippen LogP contribution in [0.15, 0.2) is 43.0 Å². The second-order valence-corrected chi connectivity index (χ2v) is 4.13.